The number of hydrogen-bond donors (Lipinski definition) is 3. The summed E-state index contributed by atoms with van der Waals surface area (Å²) in [5.74, 6) is -2.85. The van der Waals surface area contributed by atoms with Crippen molar-refractivity contribution in [2.45, 2.75) is 49.9 Å². The van der Waals surface area contributed by atoms with Crippen LogP contribution in [0.1, 0.15) is 32.3 Å². The largest absolute Gasteiger partial charge is 0.481 e. The van der Waals surface area contributed by atoms with Crippen LogP contribution in [0.2, 0.25) is 0 Å². The van der Waals surface area contributed by atoms with Crippen LogP contribution < -0.4 is 10.2 Å². The highest BCUT2D eigenvalue weighted by atomic mass is 35.5. The van der Waals surface area contributed by atoms with E-state index in [0.29, 0.717) is 18.7 Å². The highest BCUT2D eigenvalue weighted by molar-refractivity contribution is 6.21. The molecule has 3 unspecified atom stereocenters. The predicted octanol–water partition coefficient (Wildman–Crippen LogP) is 2.72. The Bertz CT molecular complexity index is 655. The van der Waals surface area contributed by atoms with Gasteiger partial charge in [0.2, 0.25) is 5.91 Å². The molecule has 1 rings (SSSR count). The Balaban J connectivity index is 2.72. The molecule has 0 aliphatic heterocycles. The van der Waals surface area contributed by atoms with Crippen molar-refractivity contribution in [1.82, 2.24) is 5.32 Å². The van der Waals surface area contributed by atoms with Crippen LogP contribution in [-0.4, -0.2) is 57.9 Å². The second-order valence-electron chi connectivity index (χ2n) is 6.70. The van der Waals surface area contributed by atoms with Gasteiger partial charge in [0.05, 0.1) is 6.42 Å². The van der Waals surface area contributed by atoms with Crippen LogP contribution in [0.15, 0.2) is 24.3 Å². The zero-order valence-corrected chi connectivity index (χ0v) is 17.4. The van der Waals surface area contributed by atoms with Crippen molar-refractivity contribution in [1.29, 1.82) is 0 Å². The van der Waals surface area contributed by atoms with Crippen molar-refractivity contribution < 1.29 is 24.6 Å². The number of nitrogens with one attached hydrogen (secondary N) is 1. The van der Waals surface area contributed by atoms with Gasteiger partial charge >= 0.3 is 11.9 Å². The molecule has 0 heterocycles. The fraction of sp³-hybridized carbons (Fsp3) is 0.526. The summed E-state index contributed by atoms with van der Waals surface area (Å²) in [6, 6.07) is 6.06. The number of halogens is 2. The van der Waals surface area contributed by atoms with E-state index in [1.165, 1.54) is 0 Å². The van der Waals surface area contributed by atoms with E-state index in [1.807, 2.05) is 26.0 Å². The van der Waals surface area contributed by atoms with Crippen LogP contribution >= 0.6 is 23.2 Å². The second kappa shape index (κ2) is 11.8. The molecule has 0 aliphatic carbocycles. The van der Waals surface area contributed by atoms with Gasteiger partial charge in [0.25, 0.3) is 0 Å². The number of nitrogens with zero attached hydrogens (tertiary/aromatic N) is 1. The first kappa shape index (κ1) is 24.0. The SMILES string of the molecule is CC(Cl)CN(CC(C)Cl)c1ccc(CC(=O)NC(CCC(=O)O)C(=O)O)cc1. The quantitative estimate of drug-likeness (QED) is 0.438. The second-order valence-corrected chi connectivity index (χ2v) is 8.19. The minimum atomic E-state index is -1.26. The fourth-order valence-electron chi connectivity index (χ4n) is 2.67. The van der Waals surface area contributed by atoms with Gasteiger partial charge in [-0.05, 0) is 38.0 Å². The Hall–Kier alpha value is -1.99. The third-order valence-electron chi connectivity index (χ3n) is 3.89. The van der Waals surface area contributed by atoms with Gasteiger partial charge in [-0.15, -0.1) is 23.2 Å². The average Bonchev–Trinajstić information content (AvgIpc) is 2.57. The number of aliphatic carboxylic acids is 2. The molecule has 28 heavy (non-hydrogen) atoms. The van der Waals surface area contributed by atoms with Crippen molar-refractivity contribution in [3.63, 3.8) is 0 Å². The van der Waals surface area contributed by atoms with Crippen LogP contribution in [0.3, 0.4) is 0 Å². The summed E-state index contributed by atoms with van der Waals surface area (Å²) >= 11 is 12.2. The highest BCUT2D eigenvalue weighted by Gasteiger charge is 2.21. The van der Waals surface area contributed by atoms with Crippen molar-refractivity contribution in [2.75, 3.05) is 18.0 Å². The minimum Gasteiger partial charge on any atom is -0.481 e. The van der Waals surface area contributed by atoms with Crippen LogP contribution in [0, 0.1) is 0 Å². The number of alkyl halides is 2. The van der Waals surface area contributed by atoms with Gasteiger partial charge in [-0.1, -0.05) is 12.1 Å². The molecule has 0 fully saturated rings. The predicted molar refractivity (Wildman–Crippen MR) is 109 cm³/mol. The molecular weight excluding hydrogens is 407 g/mol. The smallest absolute Gasteiger partial charge is 0.326 e. The van der Waals surface area contributed by atoms with E-state index in [2.05, 4.69) is 10.2 Å². The summed E-state index contributed by atoms with van der Waals surface area (Å²) in [4.78, 5) is 35.9. The molecular formula is C19H26Cl2N2O5. The lowest BCUT2D eigenvalue weighted by Gasteiger charge is -2.27. The normalized spacial score (nSPS) is 14.0. The van der Waals surface area contributed by atoms with Crippen molar-refractivity contribution in [2.24, 2.45) is 0 Å². The third-order valence-corrected chi connectivity index (χ3v) is 4.17. The third kappa shape index (κ3) is 9.28. The zero-order valence-electron chi connectivity index (χ0n) is 15.9. The lowest BCUT2D eigenvalue weighted by Crippen LogP contribution is -2.41. The number of carboxylic acid groups (broad SMARTS) is 2. The monoisotopic (exact) mass is 432 g/mol. The van der Waals surface area contributed by atoms with Crippen molar-refractivity contribution >= 4 is 46.7 Å². The Morgan fingerprint density at radius 1 is 1.04 bits per heavy atom. The van der Waals surface area contributed by atoms with E-state index in [-0.39, 0.29) is 30.0 Å². The van der Waals surface area contributed by atoms with Gasteiger partial charge in [0, 0.05) is 36.0 Å². The molecule has 156 valence electrons. The maximum absolute atomic E-state index is 12.1. The summed E-state index contributed by atoms with van der Waals surface area (Å²) in [7, 11) is 0. The van der Waals surface area contributed by atoms with Crippen molar-refractivity contribution in [3.8, 4) is 0 Å². The molecule has 3 atom stereocenters. The summed E-state index contributed by atoms with van der Waals surface area (Å²) < 4.78 is 0. The lowest BCUT2D eigenvalue weighted by atomic mass is 10.1. The number of amides is 1. The van der Waals surface area contributed by atoms with Gasteiger partial charge < -0.3 is 20.4 Å². The van der Waals surface area contributed by atoms with E-state index >= 15 is 0 Å². The molecule has 9 heteroatoms. The zero-order chi connectivity index (χ0) is 21.3. The van der Waals surface area contributed by atoms with E-state index in [9.17, 15) is 14.4 Å². The maximum atomic E-state index is 12.1. The fourth-order valence-corrected chi connectivity index (χ4v) is 3.01. The first-order valence-electron chi connectivity index (χ1n) is 8.94. The number of rotatable bonds is 12. The number of carbonyl (C=O) groups is 3. The Morgan fingerprint density at radius 2 is 1.57 bits per heavy atom. The van der Waals surface area contributed by atoms with E-state index < -0.39 is 23.9 Å². The van der Waals surface area contributed by atoms with E-state index in [0.717, 1.165) is 5.69 Å². The molecule has 0 spiro atoms. The number of anilines is 1. The standard InChI is InChI=1S/C19H26Cl2N2O5/c1-12(20)10-23(11-13(2)21)15-5-3-14(4-6-15)9-17(24)22-16(19(27)28)7-8-18(25)26/h3-6,12-13,16H,7-11H2,1-2H3,(H,22,24)(H,25,26)(H,27,28). The Kier molecular flexibility index (Phi) is 10.1. The Morgan fingerprint density at radius 3 is 2.00 bits per heavy atom. The molecule has 0 aromatic heterocycles. The van der Waals surface area contributed by atoms with Crippen LogP contribution in [0.25, 0.3) is 0 Å². The molecule has 0 saturated carbocycles. The maximum Gasteiger partial charge on any atom is 0.326 e. The molecule has 0 saturated heterocycles. The van der Waals surface area contributed by atoms with Gasteiger partial charge in [-0.3, -0.25) is 9.59 Å². The van der Waals surface area contributed by atoms with Gasteiger partial charge in [-0.25, -0.2) is 4.79 Å². The molecule has 0 bridgehead atoms. The summed E-state index contributed by atoms with van der Waals surface area (Å²) in [6.07, 6.45) is -0.508. The molecule has 7 nitrogen and oxygen atoms in total. The van der Waals surface area contributed by atoms with Crippen LogP contribution in [0.4, 0.5) is 5.69 Å². The first-order chi connectivity index (χ1) is 13.1. The highest BCUT2D eigenvalue weighted by Crippen LogP contribution is 2.18. The molecule has 3 N–H and O–H groups in total. The van der Waals surface area contributed by atoms with Gasteiger partial charge in [0.15, 0.2) is 0 Å². The van der Waals surface area contributed by atoms with Gasteiger partial charge in [-0.2, -0.15) is 0 Å². The molecule has 0 radical (unpaired) electrons. The molecule has 0 aliphatic rings. The average molecular weight is 433 g/mol. The van der Waals surface area contributed by atoms with E-state index in [4.69, 9.17) is 33.4 Å². The molecule has 1 amide bonds. The number of carboxylic acids is 2. The summed E-state index contributed by atoms with van der Waals surface area (Å²) in [6.45, 7) is 5.05. The Labute approximate surface area is 174 Å². The number of benzene rings is 1. The summed E-state index contributed by atoms with van der Waals surface area (Å²) in [5.41, 5.74) is 1.63. The lowest BCUT2D eigenvalue weighted by molar-refractivity contribution is -0.143. The van der Waals surface area contributed by atoms with Crippen LogP contribution in [0.5, 0.6) is 0 Å². The minimum absolute atomic E-state index is 0.00501. The van der Waals surface area contributed by atoms with Gasteiger partial charge in [0.1, 0.15) is 6.04 Å². The number of carbonyl (C=O) groups excluding carboxylic acids is 1. The van der Waals surface area contributed by atoms with E-state index in [1.54, 1.807) is 12.1 Å². The van der Waals surface area contributed by atoms with Crippen LogP contribution in [-0.2, 0) is 20.8 Å². The van der Waals surface area contributed by atoms with Crippen molar-refractivity contribution in [3.05, 3.63) is 29.8 Å². The summed E-state index contributed by atoms with van der Waals surface area (Å²) in [5, 5.41) is 20.0. The molecule has 1 aromatic rings. The molecule has 1 aromatic carbocycles. The number of hydrogen-bond acceptors (Lipinski definition) is 4. The topological polar surface area (TPSA) is 107 Å². The first-order valence-corrected chi connectivity index (χ1v) is 9.81.